The van der Waals surface area contributed by atoms with E-state index in [-0.39, 0.29) is 0 Å². The molecule has 0 saturated carbocycles. The lowest BCUT2D eigenvalue weighted by Crippen LogP contribution is -2.40. The molecule has 0 radical (unpaired) electrons. The van der Waals surface area contributed by atoms with Crippen LogP contribution in [0.2, 0.25) is 0 Å². The lowest BCUT2D eigenvalue weighted by molar-refractivity contribution is 0.0158. The average Bonchev–Trinajstić information content (AvgIpc) is 2.92. The second kappa shape index (κ2) is 6.86. The summed E-state index contributed by atoms with van der Waals surface area (Å²) in [6.07, 6.45) is 7.75. The highest BCUT2D eigenvalue weighted by molar-refractivity contribution is 5.09. The number of hydrogen-bond acceptors (Lipinski definition) is 4. The summed E-state index contributed by atoms with van der Waals surface area (Å²) in [4.78, 5) is 6.63. The summed E-state index contributed by atoms with van der Waals surface area (Å²) in [5.41, 5.74) is 1.77. The van der Waals surface area contributed by atoms with Gasteiger partial charge in [-0.3, -0.25) is 9.88 Å². The van der Waals surface area contributed by atoms with Crippen LogP contribution in [0.5, 0.6) is 0 Å². The zero-order valence-electron chi connectivity index (χ0n) is 13.0. The quantitative estimate of drug-likeness (QED) is 0.834. The summed E-state index contributed by atoms with van der Waals surface area (Å²) in [6.45, 7) is 7.91. The van der Waals surface area contributed by atoms with Crippen molar-refractivity contribution in [3.05, 3.63) is 30.1 Å². The molecule has 2 aliphatic rings. The minimum absolute atomic E-state index is 0.316. The highest BCUT2D eigenvalue weighted by atomic mass is 16.5. The van der Waals surface area contributed by atoms with E-state index in [0.717, 1.165) is 26.4 Å². The van der Waals surface area contributed by atoms with Crippen LogP contribution in [-0.4, -0.2) is 48.9 Å². The second-order valence-electron chi connectivity index (χ2n) is 6.43. The van der Waals surface area contributed by atoms with Gasteiger partial charge in [0.15, 0.2) is 0 Å². The van der Waals surface area contributed by atoms with Crippen molar-refractivity contribution in [3.8, 4) is 0 Å². The number of piperidine rings is 1. The first kappa shape index (κ1) is 14.9. The first-order valence-corrected chi connectivity index (χ1v) is 8.10. The van der Waals surface area contributed by atoms with Crippen LogP contribution in [0.1, 0.15) is 31.7 Å². The Morgan fingerprint density at radius 1 is 1.33 bits per heavy atom. The fraction of sp³-hybridized carbons (Fsp3) is 0.706. The van der Waals surface area contributed by atoms with E-state index in [1.165, 1.54) is 37.9 Å². The molecule has 3 heterocycles. The van der Waals surface area contributed by atoms with E-state index in [2.05, 4.69) is 22.0 Å². The van der Waals surface area contributed by atoms with Gasteiger partial charge in [-0.2, -0.15) is 0 Å². The van der Waals surface area contributed by atoms with Crippen LogP contribution in [0.3, 0.4) is 0 Å². The Morgan fingerprint density at radius 2 is 2.10 bits per heavy atom. The van der Waals surface area contributed by atoms with Crippen molar-refractivity contribution in [2.75, 3.05) is 32.9 Å². The maximum Gasteiger partial charge on any atom is 0.0814 e. The van der Waals surface area contributed by atoms with Gasteiger partial charge in [0.25, 0.3) is 0 Å². The minimum Gasteiger partial charge on any atom is -0.379 e. The molecular weight excluding hydrogens is 264 g/mol. The van der Waals surface area contributed by atoms with E-state index in [9.17, 15) is 0 Å². The van der Waals surface area contributed by atoms with Gasteiger partial charge >= 0.3 is 0 Å². The van der Waals surface area contributed by atoms with Gasteiger partial charge in [0.05, 0.1) is 19.3 Å². The largest absolute Gasteiger partial charge is 0.379 e. The summed E-state index contributed by atoms with van der Waals surface area (Å²) in [6, 6.07) is 4.22. The molecule has 1 aromatic heterocycles. The van der Waals surface area contributed by atoms with E-state index in [1.807, 2.05) is 19.3 Å². The van der Waals surface area contributed by atoms with Gasteiger partial charge in [0.2, 0.25) is 0 Å². The van der Waals surface area contributed by atoms with Gasteiger partial charge in [-0.15, -0.1) is 0 Å². The number of ether oxygens (including phenoxy) is 2. The Labute approximate surface area is 127 Å². The fourth-order valence-electron chi connectivity index (χ4n) is 3.53. The molecule has 4 heteroatoms. The lowest BCUT2D eigenvalue weighted by atomic mass is 9.76. The zero-order chi connectivity index (χ0) is 14.5. The Bertz CT molecular complexity index is 430. The number of hydrogen-bond donors (Lipinski definition) is 0. The number of pyridine rings is 1. The first-order chi connectivity index (χ1) is 10.3. The van der Waals surface area contributed by atoms with Gasteiger partial charge in [-0.25, -0.2) is 0 Å². The van der Waals surface area contributed by atoms with Gasteiger partial charge in [-0.05, 0) is 62.4 Å². The van der Waals surface area contributed by atoms with Crippen molar-refractivity contribution in [2.24, 2.45) is 5.41 Å². The van der Waals surface area contributed by atoms with Gasteiger partial charge in [-0.1, -0.05) is 0 Å². The molecule has 0 aromatic carbocycles. The molecule has 0 aliphatic carbocycles. The number of likely N-dealkylation sites (tertiary alicyclic amines) is 1. The molecule has 2 fully saturated rings. The standard InChI is InChI=1S/C17H26N2O2/c1-2-20-13-16-11-17(14-21-16)5-9-19(10-6-17)12-15-3-7-18-8-4-15/h3-4,7-8,16H,2,5-6,9-14H2,1H3. The van der Waals surface area contributed by atoms with E-state index in [0.29, 0.717) is 11.5 Å². The van der Waals surface area contributed by atoms with Crippen LogP contribution in [0.25, 0.3) is 0 Å². The molecule has 0 bridgehead atoms. The number of nitrogens with zero attached hydrogens (tertiary/aromatic N) is 2. The summed E-state index contributed by atoms with van der Waals surface area (Å²) in [5, 5.41) is 0. The maximum absolute atomic E-state index is 5.95. The highest BCUT2D eigenvalue weighted by Gasteiger charge is 2.42. The lowest BCUT2D eigenvalue weighted by Gasteiger charge is -2.38. The monoisotopic (exact) mass is 290 g/mol. The van der Waals surface area contributed by atoms with E-state index >= 15 is 0 Å². The number of aromatic nitrogens is 1. The molecule has 2 aliphatic heterocycles. The Hall–Kier alpha value is -0.970. The topological polar surface area (TPSA) is 34.6 Å². The number of rotatable bonds is 5. The van der Waals surface area contributed by atoms with Gasteiger partial charge in [0, 0.05) is 25.5 Å². The second-order valence-corrected chi connectivity index (χ2v) is 6.43. The van der Waals surface area contributed by atoms with Crippen molar-refractivity contribution < 1.29 is 9.47 Å². The van der Waals surface area contributed by atoms with E-state index < -0.39 is 0 Å². The molecule has 0 N–H and O–H groups in total. The first-order valence-electron chi connectivity index (χ1n) is 8.10. The third kappa shape index (κ3) is 3.82. The molecule has 0 amide bonds. The van der Waals surface area contributed by atoms with E-state index in [1.54, 1.807) is 0 Å². The SMILES string of the molecule is CCOCC1CC2(CCN(Cc3ccncc3)CC2)CO1. The van der Waals surface area contributed by atoms with Crippen LogP contribution in [0, 0.1) is 5.41 Å². The minimum atomic E-state index is 0.316. The Kier molecular flexibility index (Phi) is 4.88. The molecule has 2 saturated heterocycles. The zero-order valence-corrected chi connectivity index (χ0v) is 13.0. The van der Waals surface area contributed by atoms with Crippen LogP contribution in [0.4, 0.5) is 0 Å². The third-order valence-corrected chi connectivity index (χ3v) is 4.87. The predicted molar refractivity (Wildman–Crippen MR) is 82.0 cm³/mol. The molecule has 1 atom stereocenters. The smallest absolute Gasteiger partial charge is 0.0814 e. The van der Waals surface area contributed by atoms with Gasteiger partial charge < -0.3 is 9.47 Å². The summed E-state index contributed by atoms with van der Waals surface area (Å²) >= 11 is 0. The summed E-state index contributed by atoms with van der Waals surface area (Å²) in [7, 11) is 0. The van der Waals surface area contributed by atoms with Crippen molar-refractivity contribution in [1.29, 1.82) is 0 Å². The summed E-state index contributed by atoms with van der Waals surface area (Å²) in [5.74, 6) is 0. The molecule has 1 spiro atoms. The molecule has 116 valence electrons. The molecule has 1 aromatic rings. The van der Waals surface area contributed by atoms with Crippen LogP contribution in [-0.2, 0) is 16.0 Å². The molecular formula is C17H26N2O2. The van der Waals surface area contributed by atoms with Crippen LogP contribution in [0.15, 0.2) is 24.5 Å². The van der Waals surface area contributed by atoms with Crippen LogP contribution < -0.4 is 0 Å². The predicted octanol–water partition coefficient (Wildman–Crippen LogP) is 2.49. The average molecular weight is 290 g/mol. The maximum atomic E-state index is 5.95. The van der Waals surface area contributed by atoms with Crippen LogP contribution >= 0.6 is 0 Å². The molecule has 21 heavy (non-hydrogen) atoms. The normalized spacial score (nSPS) is 25.5. The Morgan fingerprint density at radius 3 is 2.81 bits per heavy atom. The van der Waals surface area contributed by atoms with Crippen molar-refractivity contribution in [3.63, 3.8) is 0 Å². The van der Waals surface area contributed by atoms with Crippen molar-refractivity contribution >= 4 is 0 Å². The fourth-order valence-corrected chi connectivity index (χ4v) is 3.53. The Balaban J connectivity index is 1.47. The molecule has 4 nitrogen and oxygen atoms in total. The van der Waals surface area contributed by atoms with Gasteiger partial charge in [0.1, 0.15) is 0 Å². The van der Waals surface area contributed by atoms with Crippen molar-refractivity contribution in [1.82, 2.24) is 9.88 Å². The molecule has 1 unspecified atom stereocenters. The summed E-state index contributed by atoms with van der Waals surface area (Å²) < 4.78 is 11.5. The highest BCUT2D eigenvalue weighted by Crippen LogP contribution is 2.42. The third-order valence-electron chi connectivity index (χ3n) is 4.87. The molecule has 3 rings (SSSR count). The van der Waals surface area contributed by atoms with Crippen molar-refractivity contribution in [2.45, 2.75) is 38.8 Å². The van der Waals surface area contributed by atoms with E-state index in [4.69, 9.17) is 9.47 Å².